The summed E-state index contributed by atoms with van der Waals surface area (Å²) < 4.78 is 12.2. The molecule has 0 bridgehead atoms. The number of hydrogen-bond donors (Lipinski definition) is 0. The maximum Gasteiger partial charge on any atom is 0.235 e. The van der Waals surface area contributed by atoms with E-state index in [4.69, 9.17) is 20.8 Å². The van der Waals surface area contributed by atoms with Gasteiger partial charge in [-0.1, -0.05) is 41.9 Å². The Kier molecular flexibility index (Phi) is 5.41. The van der Waals surface area contributed by atoms with Crippen molar-refractivity contribution in [1.82, 2.24) is 0 Å². The summed E-state index contributed by atoms with van der Waals surface area (Å²) in [5.41, 5.74) is 4.41. The van der Waals surface area contributed by atoms with E-state index in [-0.39, 0.29) is 11.2 Å². The number of ether oxygens (including phenoxy) is 1. The minimum absolute atomic E-state index is 0.160. The Bertz CT molecular complexity index is 1210. The van der Waals surface area contributed by atoms with Crippen molar-refractivity contribution in [3.63, 3.8) is 0 Å². The van der Waals surface area contributed by atoms with Crippen molar-refractivity contribution < 1.29 is 9.15 Å². The molecule has 0 amide bonds. The van der Waals surface area contributed by atoms with Gasteiger partial charge in [-0.15, -0.1) is 0 Å². The van der Waals surface area contributed by atoms with Crippen molar-refractivity contribution in [2.45, 2.75) is 20.3 Å². The number of aryl methyl sites for hydroxylation is 2. The molecule has 29 heavy (non-hydrogen) atoms. The van der Waals surface area contributed by atoms with Crippen molar-refractivity contribution in [2.24, 2.45) is 0 Å². The van der Waals surface area contributed by atoms with Gasteiger partial charge < -0.3 is 9.15 Å². The average Bonchev–Trinajstić information content (AvgIpc) is 2.72. The maximum atomic E-state index is 13.3. The van der Waals surface area contributed by atoms with Gasteiger partial charge in [0.1, 0.15) is 5.58 Å². The lowest BCUT2D eigenvalue weighted by Gasteiger charge is -2.13. The third-order valence-corrected chi connectivity index (χ3v) is 5.30. The Balaban J connectivity index is 1.79. The van der Waals surface area contributed by atoms with Crippen LogP contribution in [-0.2, 0) is 6.42 Å². The van der Waals surface area contributed by atoms with Crippen LogP contribution >= 0.6 is 11.6 Å². The van der Waals surface area contributed by atoms with Crippen LogP contribution in [0.25, 0.3) is 22.3 Å². The summed E-state index contributed by atoms with van der Waals surface area (Å²) in [6, 6.07) is 21.0. The molecular formula is C25H21ClO3. The molecule has 1 heterocycles. The van der Waals surface area contributed by atoms with E-state index in [0.29, 0.717) is 34.8 Å². The molecule has 0 N–H and O–H groups in total. The van der Waals surface area contributed by atoms with Crippen molar-refractivity contribution in [3.8, 4) is 17.1 Å². The molecule has 0 fully saturated rings. The first-order valence-electron chi connectivity index (χ1n) is 9.53. The Hall–Kier alpha value is -3.04. The molecule has 0 aliphatic rings. The van der Waals surface area contributed by atoms with Crippen molar-refractivity contribution in [2.75, 3.05) is 6.61 Å². The molecule has 0 saturated carbocycles. The van der Waals surface area contributed by atoms with Gasteiger partial charge in [0.05, 0.1) is 12.0 Å². The number of rotatable bonds is 5. The van der Waals surface area contributed by atoms with Crippen LogP contribution in [0.1, 0.15) is 16.7 Å². The third kappa shape index (κ3) is 4.06. The fourth-order valence-corrected chi connectivity index (χ4v) is 3.40. The Morgan fingerprint density at radius 3 is 2.34 bits per heavy atom. The SMILES string of the molecule is Cc1cc2oc(-c3ccc(Cl)cc3)c(OCCc3ccccc3)c(=O)c2cc1C. The molecule has 0 aliphatic heterocycles. The second-order valence-electron chi connectivity index (χ2n) is 7.11. The summed E-state index contributed by atoms with van der Waals surface area (Å²) in [6.45, 7) is 4.37. The molecule has 4 heteroatoms. The van der Waals surface area contributed by atoms with Gasteiger partial charge in [0.15, 0.2) is 5.76 Å². The molecule has 0 saturated heterocycles. The molecule has 3 nitrogen and oxygen atoms in total. The Morgan fingerprint density at radius 1 is 0.931 bits per heavy atom. The normalized spacial score (nSPS) is 11.0. The highest BCUT2D eigenvalue weighted by atomic mass is 35.5. The largest absolute Gasteiger partial charge is 0.486 e. The van der Waals surface area contributed by atoms with Gasteiger partial charge in [-0.25, -0.2) is 0 Å². The maximum absolute atomic E-state index is 13.3. The van der Waals surface area contributed by atoms with Crippen molar-refractivity contribution in [3.05, 3.63) is 98.7 Å². The Morgan fingerprint density at radius 2 is 1.62 bits per heavy atom. The predicted molar refractivity (Wildman–Crippen MR) is 118 cm³/mol. The zero-order valence-corrected chi connectivity index (χ0v) is 17.1. The van der Waals surface area contributed by atoms with E-state index in [9.17, 15) is 4.79 Å². The van der Waals surface area contributed by atoms with Crippen LogP contribution in [0.15, 0.2) is 75.9 Å². The standard InChI is InChI=1S/C25H21ClO3/c1-16-14-21-22(15-17(16)2)29-24(19-8-10-20(26)11-9-19)25(23(21)27)28-13-12-18-6-4-3-5-7-18/h3-11,14-15H,12-13H2,1-2H3. The zero-order chi connectivity index (χ0) is 20.4. The highest BCUT2D eigenvalue weighted by Gasteiger charge is 2.18. The van der Waals surface area contributed by atoms with E-state index in [1.54, 1.807) is 12.1 Å². The molecule has 0 spiro atoms. The third-order valence-electron chi connectivity index (χ3n) is 5.05. The Labute approximate surface area is 174 Å². The zero-order valence-electron chi connectivity index (χ0n) is 16.4. The summed E-state index contributed by atoms with van der Waals surface area (Å²) in [4.78, 5) is 13.3. The number of halogens is 1. The van der Waals surface area contributed by atoms with Gasteiger partial charge in [0.2, 0.25) is 11.2 Å². The summed E-state index contributed by atoms with van der Waals surface area (Å²) in [5.74, 6) is 0.662. The lowest BCUT2D eigenvalue weighted by molar-refractivity contribution is 0.313. The first-order valence-corrected chi connectivity index (χ1v) is 9.91. The molecule has 4 rings (SSSR count). The summed E-state index contributed by atoms with van der Waals surface area (Å²) >= 11 is 6.03. The molecule has 4 aromatic rings. The molecule has 0 aliphatic carbocycles. The fourth-order valence-electron chi connectivity index (χ4n) is 3.27. The van der Waals surface area contributed by atoms with Gasteiger partial charge in [0, 0.05) is 17.0 Å². The van der Waals surface area contributed by atoms with Crippen LogP contribution in [0.2, 0.25) is 5.02 Å². The van der Waals surface area contributed by atoms with Crippen LogP contribution < -0.4 is 10.2 Å². The van der Waals surface area contributed by atoms with Crippen LogP contribution in [0, 0.1) is 13.8 Å². The summed E-state index contributed by atoms with van der Waals surface area (Å²) in [7, 11) is 0. The van der Waals surface area contributed by atoms with Crippen LogP contribution in [0.3, 0.4) is 0 Å². The molecule has 0 unspecified atom stereocenters. The minimum Gasteiger partial charge on any atom is -0.486 e. The van der Waals surface area contributed by atoms with E-state index < -0.39 is 0 Å². The summed E-state index contributed by atoms with van der Waals surface area (Å²) in [5, 5.41) is 1.15. The van der Waals surface area contributed by atoms with E-state index in [1.165, 1.54) is 0 Å². The molecule has 0 atom stereocenters. The first kappa shape index (κ1) is 19.3. The second-order valence-corrected chi connectivity index (χ2v) is 7.55. The highest BCUT2D eigenvalue weighted by molar-refractivity contribution is 6.30. The molecule has 146 valence electrons. The molecule has 3 aromatic carbocycles. The van der Waals surface area contributed by atoms with E-state index in [2.05, 4.69) is 0 Å². The topological polar surface area (TPSA) is 39.4 Å². The van der Waals surface area contributed by atoms with E-state index in [0.717, 1.165) is 22.3 Å². The van der Waals surface area contributed by atoms with Gasteiger partial charge >= 0.3 is 0 Å². The average molecular weight is 405 g/mol. The number of hydrogen-bond acceptors (Lipinski definition) is 3. The number of fused-ring (bicyclic) bond motifs is 1. The minimum atomic E-state index is -0.160. The van der Waals surface area contributed by atoms with Gasteiger partial charge in [-0.3, -0.25) is 4.79 Å². The highest BCUT2D eigenvalue weighted by Crippen LogP contribution is 2.32. The lowest BCUT2D eigenvalue weighted by atomic mass is 10.0. The van der Waals surface area contributed by atoms with Gasteiger partial charge in [-0.05, 0) is 66.9 Å². The van der Waals surface area contributed by atoms with E-state index >= 15 is 0 Å². The predicted octanol–water partition coefficient (Wildman–Crippen LogP) is 6.35. The molecule has 1 aromatic heterocycles. The van der Waals surface area contributed by atoms with Crippen LogP contribution in [-0.4, -0.2) is 6.61 Å². The van der Waals surface area contributed by atoms with Crippen LogP contribution in [0.5, 0.6) is 5.75 Å². The monoisotopic (exact) mass is 404 g/mol. The van der Waals surface area contributed by atoms with E-state index in [1.807, 2.05) is 68.4 Å². The molecular weight excluding hydrogens is 384 g/mol. The second kappa shape index (κ2) is 8.14. The van der Waals surface area contributed by atoms with Gasteiger partial charge in [-0.2, -0.15) is 0 Å². The first-order chi connectivity index (χ1) is 14.0. The van der Waals surface area contributed by atoms with Crippen molar-refractivity contribution >= 4 is 22.6 Å². The molecule has 0 radical (unpaired) electrons. The smallest absolute Gasteiger partial charge is 0.235 e. The lowest BCUT2D eigenvalue weighted by Crippen LogP contribution is -2.12. The van der Waals surface area contributed by atoms with Gasteiger partial charge in [0.25, 0.3) is 0 Å². The number of benzene rings is 3. The quantitative estimate of drug-likeness (QED) is 0.389. The summed E-state index contributed by atoms with van der Waals surface area (Å²) in [6.07, 6.45) is 0.700. The van der Waals surface area contributed by atoms with Crippen LogP contribution in [0.4, 0.5) is 0 Å². The fraction of sp³-hybridized carbons (Fsp3) is 0.160. The van der Waals surface area contributed by atoms with Crippen molar-refractivity contribution in [1.29, 1.82) is 0 Å².